The number of hydrogen-bond acceptors (Lipinski definition) is 28. The predicted octanol–water partition coefficient (Wildman–Crippen LogP) is 2.29. The zero-order valence-corrected chi connectivity index (χ0v) is 82.9. The number of nitrogens with zero attached hydrogens (tertiary/aromatic N) is 2. The van der Waals surface area contributed by atoms with E-state index in [1.54, 1.807) is 90.2 Å². The van der Waals surface area contributed by atoms with Gasteiger partial charge in [0.05, 0.1) is 55.4 Å². The van der Waals surface area contributed by atoms with Crippen molar-refractivity contribution in [1.82, 2.24) is 0 Å². The van der Waals surface area contributed by atoms with Crippen LogP contribution in [-0.4, -0.2) is 286 Å². The molecule has 0 amide bonds. The second-order valence-electron chi connectivity index (χ2n) is 28.5. The van der Waals surface area contributed by atoms with Crippen molar-refractivity contribution >= 4 is 148 Å². The predicted molar refractivity (Wildman–Crippen MR) is 395 cm³/mol. The number of carbonyl (C=O) groups excluding carboxylic acids is 3. The Balaban J connectivity index is -0.000000376. The summed E-state index contributed by atoms with van der Waals surface area (Å²) >= 11 is 0. The summed E-state index contributed by atoms with van der Waals surface area (Å²) in [6.45, 7) is 46.3. The zero-order valence-electron chi connectivity index (χ0n) is 66.4. The lowest BCUT2D eigenvalue weighted by molar-refractivity contribution is -0.870. The van der Waals surface area contributed by atoms with E-state index in [1.807, 2.05) is 111 Å². The highest BCUT2D eigenvalue weighted by Crippen LogP contribution is 2.32. The molecule has 30 nitrogen and oxygen atoms in total. The molecule has 0 aromatic heterocycles. The van der Waals surface area contributed by atoms with Gasteiger partial charge in [0, 0.05) is 136 Å². The van der Waals surface area contributed by atoms with Gasteiger partial charge in [-0.15, -0.1) is 0 Å². The molecule has 0 spiro atoms. The molecule has 0 aliphatic rings. The van der Waals surface area contributed by atoms with Gasteiger partial charge in [-0.2, -0.15) is 0 Å². The Morgan fingerprint density at radius 1 is 0.281 bits per heavy atom. The Labute approximate surface area is 608 Å². The summed E-state index contributed by atoms with van der Waals surface area (Å²) in [6.07, 6.45) is 1.96. The molecular formula is C49H134Cl2N2O28Si15. The lowest BCUT2D eigenvalue weighted by atomic mass is 10.4. The van der Waals surface area contributed by atoms with Gasteiger partial charge in [0.25, 0.3) is 17.9 Å². The highest BCUT2D eigenvalue weighted by molar-refractivity contribution is 6.91. The maximum absolute atomic E-state index is 10.7. The van der Waals surface area contributed by atoms with Gasteiger partial charge in [0.1, 0.15) is 0 Å². The second-order valence-corrected chi connectivity index (χ2v) is 77.8. The number of rotatable bonds is 42. The fourth-order valence-electron chi connectivity index (χ4n) is 9.51. The highest BCUT2D eigenvalue weighted by Gasteiger charge is 2.57. The van der Waals surface area contributed by atoms with E-state index < -0.39 is 148 Å². The molecule has 2 N–H and O–H groups in total. The van der Waals surface area contributed by atoms with E-state index in [0.29, 0.717) is 6.04 Å². The molecule has 0 bridgehead atoms. The minimum absolute atomic E-state index is 0. The zero-order chi connectivity index (χ0) is 75.7. The quantitative estimate of drug-likeness (QED) is 0.0654. The molecule has 0 radical (unpaired) electrons. The van der Waals surface area contributed by atoms with Crippen LogP contribution < -0.4 is 24.8 Å². The van der Waals surface area contributed by atoms with E-state index in [1.165, 1.54) is 6.55 Å². The molecular weight excluding hydrogens is 1560 g/mol. The molecule has 0 heterocycles. The molecule has 0 saturated heterocycles. The van der Waals surface area contributed by atoms with Crippen LogP contribution in [0, 0.1) is 0 Å². The molecule has 0 aliphatic heterocycles. The summed E-state index contributed by atoms with van der Waals surface area (Å²) in [7, 11) is -15.4. The van der Waals surface area contributed by atoms with E-state index in [-0.39, 0.29) is 24.8 Å². The van der Waals surface area contributed by atoms with E-state index in [9.17, 15) is 24.0 Å². The maximum Gasteiger partial charge on any atom is 0.701 e. The average Bonchev–Trinajstić information content (AvgIpc) is 0.800. The molecule has 0 aromatic rings. The fourth-order valence-corrected chi connectivity index (χ4v) is 67.2. The Morgan fingerprint density at radius 3 is 0.698 bits per heavy atom. The molecule has 0 aromatic carbocycles. The normalized spacial score (nSPS) is 14.9. The molecule has 0 rings (SSSR count). The van der Waals surface area contributed by atoms with Gasteiger partial charge in [-0.25, -0.2) is 0 Å². The first kappa shape index (κ1) is 108. The number of carbonyl (C=O) groups is 3. The maximum atomic E-state index is 10.7. The van der Waals surface area contributed by atoms with Gasteiger partial charge in [-0.3, -0.25) is 14.4 Å². The Kier molecular flexibility index (Phi) is 49.4. The molecule has 96 heavy (non-hydrogen) atoms. The van der Waals surface area contributed by atoms with E-state index in [0.717, 1.165) is 61.7 Å². The van der Waals surface area contributed by atoms with Gasteiger partial charge in [0.2, 0.25) is 0 Å². The van der Waals surface area contributed by atoms with Crippen molar-refractivity contribution in [2.24, 2.45) is 0 Å². The fraction of sp³-hybridized carbons (Fsp3) is 0.939. The largest absolute Gasteiger partial charge is 1.00 e. The molecule has 47 heteroatoms. The first-order valence-electron chi connectivity index (χ1n) is 30.8. The Bertz CT molecular complexity index is 2150. The van der Waals surface area contributed by atoms with Crippen LogP contribution in [0.4, 0.5) is 0 Å². The first-order valence-corrected chi connectivity index (χ1v) is 69.0. The van der Waals surface area contributed by atoms with Crippen molar-refractivity contribution in [3.05, 3.63) is 0 Å². The monoisotopic (exact) mass is 1690 g/mol. The first-order chi connectivity index (χ1) is 41.5. The molecule has 0 aliphatic carbocycles. The van der Waals surface area contributed by atoms with Crippen LogP contribution in [0.2, 0.25) is 156 Å². The van der Waals surface area contributed by atoms with E-state index in [4.69, 9.17) is 85.1 Å². The van der Waals surface area contributed by atoms with Crippen molar-refractivity contribution in [3.63, 3.8) is 0 Å². The number of quaternary nitrogens is 2. The molecule has 0 fully saturated rings. The molecule has 0 saturated carbocycles. The van der Waals surface area contributed by atoms with Gasteiger partial charge in [0.15, 0.2) is 0 Å². The summed E-state index contributed by atoms with van der Waals surface area (Å²) in [5.74, 6) is -2.00. The summed E-state index contributed by atoms with van der Waals surface area (Å²) in [4.78, 5) is 51.1. The van der Waals surface area contributed by atoms with Crippen LogP contribution in [0.25, 0.3) is 0 Å². The van der Waals surface area contributed by atoms with Gasteiger partial charge >= 0.3 is 130 Å². The van der Waals surface area contributed by atoms with Crippen LogP contribution in [0.1, 0.15) is 33.6 Å². The van der Waals surface area contributed by atoms with Gasteiger partial charge < -0.3 is 142 Å². The van der Waals surface area contributed by atoms with Crippen LogP contribution >= 0.6 is 0 Å². The number of hydrogen-bond donors (Lipinski definition) is 2. The average molecular weight is 1690 g/mol. The van der Waals surface area contributed by atoms with Crippen molar-refractivity contribution in [2.45, 2.75) is 190 Å². The van der Waals surface area contributed by atoms with Gasteiger partial charge in [-0.05, 0) is 118 Å². The van der Waals surface area contributed by atoms with Crippen LogP contribution in [0.5, 0.6) is 0 Å². The molecule has 2 unspecified atom stereocenters. The van der Waals surface area contributed by atoms with Crippen molar-refractivity contribution in [3.8, 4) is 0 Å². The third-order valence-corrected chi connectivity index (χ3v) is 61.8. The Morgan fingerprint density at radius 2 is 0.490 bits per heavy atom. The van der Waals surface area contributed by atoms with Gasteiger partial charge in [-0.1, -0.05) is 0 Å². The van der Waals surface area contributed by atoms with Crippen LogP contribution in [0.3, 0.4) is 0 Å². The number of halogens is 2. The van der Waals surface area contributed by atoms with Crippen molar-refractivity contribution in [1.29, 1.82) is 0 Å². The summed E-state index contributed by atoms with van der Waals surface area (Å²) in [6, 6.07) is 1.57. The third kappa shape index (κ3) is 54.0. The molecule has 2 atom stereocenters. The lowest BCUT2D eigenvalue weighted by Crippen LogP contribution is -3.00. The standard InChI is InChI=1S/C27H78NO15Si10.C9H24NO3Si.C7H12O6Si.C6H20O4Si3.2ClH/c1-28(2,3)26-25-27-53(33-8,34-9)42-49(20,21)38-45(12,13)37-48(18,19)41-52(24,32-7)43-51(23,31-6)40-47(16,17)36-44(10,11)35-46(14,15)39-50(22,29-4)30-5;1-10(2,3)8-7-9-14(11-4,12-5)13-6;1-5(8)11-14(4,12-6(2)9)13-7(3)10;1-11(2,7)9-13(5,6)10-12(3,4)8;;/h25-27H2,1-24H3;7-9H2,1-6H3;1-4H3;7-8H,1-6H3;2*1H/q2*+1;;;;/p-2. The SMILES string of the molecule is CC(=O)O[Si](C)(OC(C)=O)OC(C)=O.CO[Si](C)(OC)O[Si](C)(C)O[Si](C)(C)O[Si](C)(C)O[Si](C)(OC)O[Si](C)(OC)O[Si](C)(C)O[Si](C)(C)O[Si](C)(C)O[Si](CCC[N+](C)(C)C)(OC)OC.CO[Si](CCC[N+](C)(C)C)(OC)OC.C[Si](C)(O)O[Si](C)(C)O[Si](C)(C)O.[Cl-].[Cl-]. The Hall–Kier alpha value is 1.28. The smallest absolute Gasteiger partial charge is 0.701 e. The highest BCUT2D eigenvalue weighted by atomic mass is 35.5. The molecule has 582 valence electrons. The lowest BCUT2D eigenvalue weighted by Gasteiger charge is -2.44. The minimum atomic E-state index is -3.49. The van der Waals surface area contributed by atoms with E-state index in [2.05, 4.69) is 55.6 Å². The summed E-state index contributed by atoms with van der Waals surface area (Å²) < 4.78 is 137. The van der Waals surface area contributed by atoms with Crippen molar-refractivity contribution in [2.75, 3.05) is 119 Å². The van der Waals surface area contributed by atoms with Crippen molar-refractivity contribution < 1.29 is 156 Å². The summed E-state index contributed by atoms with van der Waals surface area (Å²) in [5.41, 5.74) is 0. The van der Waals surface area contributed by atoms with Crippen LogP contribution in [0.15, 0.2) is 0 Å². The third-order valence-electron chi connectivity index (χ3n) is 11.7. The van der Waals surface area contributed by atoms with Crippen LogP contribution in [-0.2, 0) is 113 Å². The second kappa shape index (κ2) is 43.8. The minimum Gasteiger partial charge on any atom is -1.00 e. The summed E-state index contributed by atoms with van der Waals surface area (Å²) in [5, 5.41) is 0. The topological polar surface area (TPSA) is 304 Å². The van der Waals surface area contributed by atoms with E-state index >= 15 is 0 Å².